The third-order valence-electron chi connectivity index (χ3n) is 3.11. The highest BCUT2D eigenvalue weighted by Crippen LogP contribution is 2.35. The first-order chi connectivity index (χ1) is 9.81. The average molecular weight is 300 g/mol. The first-order valence-corrected chi connectivity index (χ1v) is 7.55. The number of hydrogen-bond donors (Lipinski definition) is 1. The molecule has 20 heavy (non-hydrogen) atoms. The van der Waals surface area contributed by atoms with Gasteiger partial charge in [-0.25, -0.2) is 0 Å². The van der Waals surface area contributed by atoms with Crippen molar-refractivity contribution in [2.75, 3.05) is 39.5 Å². The Morgan fingerprint density at radius 3 is 2.70 bits per heavy atom. The lowest BCUT2D eigenvalue weighted by molar-refractivity contribution is 0.139. The maximum atomic E-state index is 6.27. The van der Waals surface area contributed by atoms with Crippen LogP contribution in [-0.4, -0.2) is 39.5 Å². The van der Waals surface area contributed by atoms with Gasteiger partial charge in [-0.2, -0.15) is 0 Å². The molecule has 1 aromatic rings. The lowest BCUT2D eigenvalue weighted by Crippen LogP contribution is -2.19. The summed E-state index contributed by atoms with van der Waals surface area (Å²) in [6, 6.07) is 3.81. The van der Waals surface area contributed by atoms with Crippen LogP contribution in [0.5, 0.6) is 11.5 Å². The molecule has 0 fully saturated rings. The third kappa shape index (κ3) is 4.54. The average Bonchev–Trinajstić information content (AvgIpc) is 2.67. The molecule has 0 saturated carbocycles. The Morgan fingerprint density at radius 1 is 1.20 bits per heavy atom. The van der Waals surface area contributed by atoms with E-state index in [9.17, 15) is 0 Å². The predicted octanol–water partition coefficient (Wildman–Crippen LogP) is 2.67. The molecular weight excluding hydrogens is 278 g/mol. The van der Waals surface area contributed by atoms with Gasteiger partial charge < -0.3 is 19.5 Å². The van der Waals surface area contributed by atoms with Crippen molar-refractivity contribution >= 4 is 11.6 Å². The SMILES string of the molecule is CCNCCOCCc1cc2c(cc1Cl)OCCCO2. The number of benzene rings is 1. The number of nitrogens with one attached hydrogen (secondary N) is 1. The van der Waals surface area contributed by atoms with Crippen molar-refractivity contribution in [3.63, 3.8) is 0 Å². The molecule has 2 rings (SSSR count). The number of rotatable bonds is 7. The molecule has 1 N–H and O–H groups in total. The molecule has 0 amide bonds. The zero-order valence-corrected chi connectivity index (χ0v) is 12.7. The van der Waals surface area contributed by atoms with E-state index in [0.29, 0.717) is 24.8 Å². The molecule has 1 aromatic carbocycles. The van der Waals surface area contributed by atoms with Gasteiger partial charge in [0.25, 0.3) is 0 Å². The lowest BCUT2D eigenvalue weighted by atomic mass is 10.1. The van der Waals surface area contributed by atoms with Gasteiger partial charge in [0.15, 0.2) is 11.5 Å². The highest BCUT2D eigenvalue weighted by Gasteiger charge is 2.13. The molecule has 4 nitrogen and oxygen atoms in total. The van der Waals surface area contributed by atoms with Gasteiger partial charge in [0.05, 0.1) is 26.4 Å². The second kappa shape index (κ2) is 8.35. The van der Waals surface area contributed by atoms with E-state index in [2.05, 4.69) is 12.2 Å². The molecule has 0 saturated heterocycles. The molecule has 1 aliphatic heterocycles. The molecule has 0 aliphatic carbocycles. The first-order valence-electron chi connectivity index (χ1n) is 7.17. The minimum absolute atomic E-state index is 0.657. The van der Waals surface area contributed by atoms with Crippen LogP contribution in [0.1, 0.15) is 18.9 Å². The summed E-state index contributed by atoms with van der Waals surface area (Å²) in [5, 5.41) is 3.93. The predicted molar refractivity (Wildman–Crippen MR) is 80.1 cm³/mol. The monoisotopic (exact) mass is 299 g/mol. The zero-order chi connectivity index (χ0) is 14.2. The Bertz CT molecular complexity index is 426. The summed E-state index contributed by atoms with van der Waals surface area (Å²) < 4.78 is 16.8. The van der Waals surface area contributed by atoms with Gasteiger partial charge in [-0.05, 0) is 24.6 Å². The van der Waals surface area contributed by atoms with Crippen LogP contribution in [0.15, 0.2) is 12.1 Å². The van der Waals surface area contributed by atoms with Gasteiger partial charge in [-0.15, -0.1) is 0 Å². The van der Waals surface area contributed by atoms with Crippen LogP contribution in [0.4, 0.5) is 0 Å². The molecule has 0 unspecified atom stereocenters. The standard InChI is InChI=1S/C15H22ClNO3/c1-2-17-5-9-18-8-4-12-10-14-15(11-13(12)16)20-7-3-6-19-14/h10-11,17H,2-9H2,1H3. The van der Waals surface area contributed by atoms with Crippen molar-refractivity contribution in [2.24, 2.45) is 0 Å². The van der Waals surface area contributed by atoms with Crippen molar-refractivity contribution < 1.29 is 14.2 Å². The van der Waals surface area contributed by atoms with E-state index in [1.165, 1.54) is 0 Å². The summed E-state index contributed by atoms with van der Waals surface area (Å²) in [4.78, 5) is 0. The zero-order valence-electron chi connectivity index (χ0n) is 11.9. The van der Waals surface area contributed by atoms with Gasteiger partial charge in [-0.1, -0.05) is 18.5 Å². The van der Waals surface area contributed by atoms with Crippen molar-refractivity contribution in [1.82, 2.24) is 5.32 Å². The van der Waals surface area contributed by atoms with Crippen molar-refractivity contribution in [1.29, 1.82) is 0 Å². The van der Waals surface area contributed by atoms with E-state index in [-0.39, 0.29) is 0 Å². The Balaban J connectivity index is 1.86. The molecule has 0 bridgehead atoms. The fraction of sp³-hybridized carbons (Fsp3) is 0.600. The van der Waals surface area contributed by atoms with Crippen molar-refractivity contribution in [2.45, 2.75) is 19.8 Å². The van der Waals surface area contributed by atoms with Gasteiger partial charge in [-0.3, -0.25) is 0 Å². The van der Waals surface area contributed by atoms with Crippen LogP contribution in [0.2, 0.25) is 5.02 Å². The van der Waals surface area contributed by atoms with E-state index < -0.39 is 0 Å². The van der Waals surface area contributed by atoms with Crippen molar-refractivity contribution in [3.05, 3.63) is 22.7 Å². The summed E-state index contributed by atoms with van der Waals surface area (Å²) in [5.74, 6) is 1.53. The van der Waals surface area contributed by atoms with Crippen LogP contribution in [0, 0.1) is 0 Å². The summed E-state index contributed by atoms with van der Waals surface area (Å²) in [5.41, 5.74) is 1.04. The highest BCUT2D eigenvalue weighted by molar-refractivity contribution is 6.31. The molecule has 112 valence electrons. The molecule has 5 heteroatoms. The van der Waals surface area contributed by atoms with Crippen LogP contribution < -0.4 is 14.8 Å². The Kier molecular flexibility index (Phi) is 6.43. The number of ether oxygens (including phenoxy) is 3. The molecular formula is C15H22ClNO3. The second-order valence-electron chi connectivity index (χ2n) is 4.66. The maximum Gasteiger partial charge on any atom is 0.162 e. The van der Waals surface area contributed by atoms with Crippen LogP contribution in [-0.2, 0) is 11.2 Å². The van der Waals surface area contributed by atoms with Crippen LogP contribution in [0.25, 0.3) is 0 Å². The van der Waals surface area contributed by atoms with E-state index in [1.807, 2.05) is 12.1 Å². The molecule has 0 atom stereocenters. The maximum absolute atomic E-state index is 6.27. The van der Waals surface area contributed by atoms with Gasteiger partial charge >= 0.3 is 0 Å². The Hall–Kier alpha value is -0.970. The molecule has 0 aromatic heterocycles. The van der Waals surface area contributed by atoms with E-state index in [1.54, 1.807) is 0 Å². The summed E-state index contributed by atoms with van der Waals surface area (Å²) in [7, 11) is 0. The minimum atomic E-state index is 0.657. The van der Waals surface area contributed by atoms with E-state index in [4.69, 9.17) is 25.8 Å². The molecule has 1 aliphatic rings. The molecule has 1 heterocycles. The van der Waals surface area contributed by atoms with Gasteiger partial charge in [0.1, 0.15) is 0 Å². The molecule has 0 spiro atoms. The lowest BCUT2D eigenvalue weighted by Gasteiger charge is -2.11. The summed E-state index contributed by atoms with van der Waals surface area (Å²) in [6.07, 6.45) is 1.68. The number of likely N-dealkylation sites (N-methyl/N-ethyl adjacent to an activating group) is 1. The van der Waals surface area contributed by atoms with Gasteiger partial charge in [0.2, 0.25) is 0 Å². The fourth-order valence-electron chi connectivity index (χ4n) is 2.02. The fourth-order valence-corrected chi connectivity index (χ4v) is 2.27. The smallest absolute Gasteiger partial charge is 0.162 e. The number of halogens is 1. The third-order valence-corrected chi connectivity index (χ3v) is 3.46. The van der Waals surface area contributed by atoms with Crippen LogP contribution >= 0.6 is 11.6 Å². The highest BCUT2D eigenvalue weighted by atomic mass is 35.5. The summed E-state index contributed by atoms with van der Waals surface area (Å²) in [6.45, 7) is 6.67. The van der Waals surface area contributed by atoms with Gasteiger partial charge in [0, 0.05) is 24.1 Å². The van der Waals surface area contributed by atoms with E-state index in [0.717, 1.165) is 49.6 Å². The topological polar surface area (TPSA) is 39.7 Å². The minimum Gasteiger partial charge on any atom is -0.490 e. The first kappa shape index (κ1) is 15.4. The number of hydrogen-bond acceptors (Lipinski definition) is 4. The number of fused-ring (bicyclic) bond motifs is 1. The van der Waals surface area contributed by atoms with Crippen LogP contribution in [0.3, 0.4) is 0 Å². The quantitative estimate of drug-likeness (QED) is 0.786. The van der Waals surface area contributed by atoms with Crippen molar-refractivity contribution in [3.8, 4) is 11.5 Å². The van der Waals surface area contributed by atoms with E-state index >= 15 is 0 Å². The Morgan fingerprint density at radius 2 is 1.95 bits per heavy atom. The molecule has 0 radical (unpaired) electrons. The Labute approximate surface area is 125 Å². The largest absolute Gasteiger partial charge is 0.490 e. The second-order valence-corrected chi connectivity index (χ2v) is 5.06. The normalized spacial score (nSPS) is 14.1. The summed E-state index contributed by atoms with van der Waals surface area (Å²) >= 11 is 6.27.